The minimum absolute atomic E-state index is 0.0880. The van der Waals surface area contributed by atoms with Crippen LogP contribution in [0.3, 0.4) is 0 Å². The highest BCUT2D eigenvalue weighted by Gasteiger charge is 2.68. The topological polar surface area (TPSA) is 81.7 Å². The summed E-state index contributed by atoms with van der Waals surface area (Å²) in [5.74, 6) is 3.03. The zero-order chi connectivity index (χ0) is 29.8. The molecule has 0 amide bonds. The summed E-state index contributed by atoms with van der Waals surface area (Å²) in [6, 6.07) is 0. The molecule has 0 saturated heterocycles. The first-order chi connectivity index (χ1) is 19.7. The predicted octanol–water partition coefficient (Wildman–Crippen LogP) is 6.06. The van der Waals surface area contributed by atoms with Gasteiger partial charge in [0.25, 0.3) is 0 Å². The maximum absolute atomic E-state index is 12.0. The van der Waals surface area contributed by atoms with Gasteiger partial charge in [-0.2, -0.15) is 0 Å². The van der Waals surface area contributed by atoms with Gasteiger partial charge in [-0.1, -0.05) is 34.1 Å². The lowest BCUT2D eigenvalue weighted by Gasteiger charge is -2.67. The van der Waals surface area contributed by atoms with E-state index in [1.165, 1.54) is 20.0 Å². The van der Waals surface area contributed by atoms with Crippen molar-refractivity contribution in [2.24, 2.45) is 52.3 Å². The number of carbonyl (C=O) groups excluding carboxylic acids is 1. The van der Waals surface area contributed by atoms with E-state index >= 15 is 0 Å². The molecule has 4 aliphatic carbocycles. The van der Waals surface area contributed by atoms with E-state index < -0.39 is 0 Å². The van der Waals surface area contributed by atoms with E-state index in [1.807, 2.05) is 0 Å². The standard InChI is InChI=1S/C33H58O8/c1-9-23-26-16-22(39-18-35-5)14-15-32(26,3)30-27(40-19-36-6)17-33(4)24(21(2)10-13-28(34)38-8)11-12-25(33)29(30)31(23)41-20-37-7/h21-27,29-31H,9-20H2,1-8H3/t21-,22-,23-,24-,25+,26+,27+,29+,30+,31-,32+,33-/m1/s1. The summed E-state index contributed by atoms with van der Waals surface area (Å²) in [5, 5.41) is 0. The van der Waals surface area contributed by atoms with Gasteiger partial charge >= 0.3 is 5.97 Å². The maximum Gasteiger partial charge on any atom is 0.305 e. The second kappa shape index (κ2) is 14.3. The van der Waals surface area contributed by atoms with Crippen molar-refractivity contribution in [2.45, 2.75) is 104 Å². The fourth-order valence-corrected chi connectivity index (χ4v) is 10.6. The Morgan fingerprint density at radius 1 is 0.878 bits per heavy atom. The quantitative estimate of drug-likeness (QED) is 0.181. The molecule has 238 valence electrons. The van der Waals surface area contributed by atoms with Crippen LogP contribution in [0.2, 0.25) is 0 Å². The van der Waals surface area contributed by atoms with Gasteiger partial charge in [0.1, 0.15) is 20.4 Å². The van der Waals surface area contributed by atoms with Gasteiger partial charge in [-0.15, -0.1) is 0 Å². The van der Waals surface area contributed by atoms with E-state index in [0.29, 0.717) is 68.2 Å². The Hall–Kier alpha value is -0.770. The second-order valence-corrected chi connectivity index (χ2v) is 14.0. The Kier molecular flexibility index (Phi) is 11.6. The lowest BCUT2D eigenvalue weighted by molar-refractivity contribution is -0.275. The van der Waals surface area contributed by atoms with Crippen LogP contribution >= 0.6 is 0 Å². The normalized spacial score (nSPS) is 42.7. The number of methoxy groups -OCH3 is 4. The summed E-state index contributed by atoms with van der Waals surface area (Å²) in [7, 11) is 6.63. The van der Waals surface area contributed by atoms with E-state index in [2.05, 4.69) is 27.7 Å². The number of carbonyl (C=O) groups is 1. The molecule has 4 rings (SSSR count). The zero-order valence-electron chi connectivity index (χ0n) is 27.0. The van der Waals surface area contributed by atoms with Crippen molar-refractivity contribution in [3.05, 3.63) is 0 Å². The molecule has 0 aromatic rings. The third-order valence-corrected chi connectivity index (χ3v) is 12.2. The van der Waals surface area contributed by atoms with Gasteiger partial charge < -0.3 is 33.2 Å². The van der Waals surface area contributed by atoms with Crippen molar-refractivity contribution in [3.8, 4) is 0 Å². The molecule has 0 unspecified atom stereocenters. The van der Waals surface area contributed by atoms with Crippen LogP contribution in [-0.4, -0.2) is 73.1 Å². The molecule has 0 bridgehead atoms. The van der Waals surface area contributed by atoms with Crippen LogP contribution in [-0.2, 0) is 38.0 Å². The summed E-state index contributed by atoms with van der Waals surface area (Å²) in [6.07, 6.45) is 9.42. The van der Waals surface area contributed by atoms with Gasteiger partial charge in [-0.25, -0.2) is 0 Å². The largest absolute Gasteiger partial charge is 0.469 e. The van der Waals surface area contributed by atoms with Crippen LogP contribution < -0.4 is 0 Å². The minimum Gasteiger partial charge on any atom is -0.469 e. The molecule has 4 saturated carbocycles. The highest BCUT2D eigenvalue weighted by molar-refractivity contribution is 5.69. The van der Waals surface area contributed by atoms with Gasteiger partial charge in [-0.3, -0.25) is 4.79 Å². The SMILES string of the molecule is CC[C@H]1[C@@H](OCOC)[C@@H]2[C@H]([C@@H](OCOC)C[C@]3(C)[C@@H]([C@H](C)CCC(=O)OC)CC[C@@H]23)[C@@]2(C)CC[C@@H](OCOC)C[C@@H]12. The fourth-order valence-electron chi connectivity index (χ4n) is 10.6. The van der Waals surface area contributed by atoms with Gasteiger partial charge in [0, 0.05) is 27.8 Å². The van der Waals surface area contributed by atoms with Crippen molar-refractivity contribution in [1.82, 2.24) is 0 Å². The first kappa shape index (κ1) is 33.1. The summed E-state index contributed by atoms with van der Waals surface area (Å²) in [5.41, 5.74) is 0.226. The lowest BCUT2D eigenvalue weighted by Crippen LogP contribution is -2.66. The smallest absolute Gasteiger partial charge is 0.305 e. The summed E-state index contributed by atoms with van der Waals surface area (Å²) in [4.78, 5) is 12.0. The van der Waals surface area contributed by atoms with E-state index in [-0.39, 0.29) is 35.1 Å². The van der Waals surface area contributed by atoms with E-state index in [9.17, 15) is 4.79 Å². The van der Waals surface area contributed by atoms with Gasteiger partial charge in [0.2, 0.25) is 0 Å². The molecule has 0 spiro atoms. The number of ether oxygens (including phenoxy) is 7. The molecular weight excluding hydrogens is 524 g/mol. The Labute approximate surface area is 248 Å². The van der Waals surface area contributed by atoms with E-state index in [4.69, 9.17) is 33.2 Å². The zero-order valence-corrected chi connectivity index (χ0v) is 27.0. The van der Waals surface area contributed by atoms with Crippen LogP contribution in [0.4, 0.5) is 0 Å². The highest BCUT2D eigenvalue weighted by atomic mass is 16.7. The molecule has 8 heteroatoms. The first-order valence-corrected chi connectivity index (χ1v) is 16.1. The van der Waals surface area contributed by atoms with Gasteiger partial charge in [0.15, 0.2) is 0 Å². The van der Waals surface area contributed by atoms with Crippen molar-refractivity contribution in [2.75, 3.05) is 48.8 Å². The van der Waals surface area contributed by atoms with E-state index in [1.54, 1.807) is 21.3 Å². The third-order valence-electron chi connectivity index (χ3n) is 12.2. The monoisotopic (exact) mass is 582 g/mol. The predicted molar refractivity (Wildman–Crippen MR) is 156 cm³/mol. The van der Waals surface area contributed by atoms with Crippen LogP contribution in [0, 0.1) is 52.3 Å². The average Bonchev–Trinajstić information content (AvgIpc) is 3.32. The Morgan fingerprint density at radius 3 is 2.22 bits per heavy atom. The summed E-state index contributed by atoms with van der Waals surface area (Å²) >= 11 is 0. The Balaban J connectivity index is 1.73. The van der Waals surface area contributed by atoms with Crippen LogP contribution in [0.15, 0.2) is 0 Å². The molecule has 0 heterocycles. The minimum atomic E-state index is -0.114. The summed E-state index contributed by atoms with van der Waals surface area (Å²) < 4.78 is 41.0. The molecule has 4 aliphatic rings. The van der Waals surface area contributed by atoms with Gasteiger partial charge in [0.05, 0.1) is 25.4 Å². The first-order valence-electron chi connectivity index (χ1n) is 16.1. The molecule has 0 aromatic heterocycles. The van der Waals surface area contributed by atoms with Crippen molar-refractivity contribution in [3.63, 3.8) is 0 Å². The van der Waals surface area contributed by atoms with Crippen LogP contribution in [0.5, 0.6) is 0 Å². The number of hydrogen-bond acceptors (Lipinski definition) is 8. The average molecular weight is 583 g/mol. The molecular formula is C33H58O8. The fraction of sp³-hybridized carbons (Fsp3) is 0.970. The molecule has 0 radical (unpaired) electrons. The van der Waals surface area contributed by atoms with Crippen LogP contribution in [0.1, 0.15) is 85.5 Å². The molecule has 0 aromatic carbocycles. The molecule has 41 heavy (non-hydrogen) atoms. The molecule has 8 nitrogen and oxygen atoms in total. The van der Waals surface area contributed by atoms with Crippen LogP contribution in [0.25, 0.3) is 0 Å². The number of fused-ring (bicyclic) bond motifs is 5. The maximum atomic E-state index is 12.0. The van der Waals surface area contributed by atoms with Gasteiger partial charge in [-0.05, 0) is 97.2 Å². The third kappa shape index (κ3) is 6.39. The molecule has 0 N–H and O–H groups in total. The van der Waals surface area contributed by atoms with Crippen molar-refractivity contribution in [1.29, 1.82) is 0 Å². The molecule has 12 atom stereocenters. The number of rotatable bonds is 14. The lowest BCUT2D eigenvalue weighted by atomic mass is 9.40. The van der Waals surface area contributed by atoms with Crippen molar-refractivity contribution >= 4 is 5.97 Å². The number of esters is 1. The summed E-state index contributed by atoms with van der Waals surface area (Å²) in [6.45, 7) is 10.7. The molecule has 4 fully saturated rings. The Morgan fingerprint density at radius 2 is 1.56 bits per heavy atom. The number of hydrogen-bond donors (Lipinski definition) is 0. The molecule has 0 aliphatic heterocycles. The second-order valence-electron chi connectivity index (χ2n) is 14.0. The Bertz CT molecular complexity index is 838. The van der Waals surface area contributed by atoms with E-state index in [0.717, 1.165) is 38.5 Å². The van der Waals surface area contributed by atoms with Crippen molar-refractivity contribution < 1.29 is 38.0 Å². The highest BCUT2D eigenvalue weighted by Crippen LogP contribution is 2.70.